The van der Waals surface area contributed by atoms with E-state index in [1.54, 1.807) is 0 Å². The second kappa shape index (κ2) is 13.9. The molecule has 0 fully saturated rings. The summed E-state index contributed by atoms with van der Waals surface area (Å²) in [6, 6.07) is 79.7. The van der Waals surface area contributed by atoms with Crippen LogP contribution in [0.5, 0.6) is 0 Å². The predicted molar refractivity (Wildman–Crippen MR) is 249 cm³/mol. The number of aromatic nitrogens is 1. The SMILES string of the molecule is CC1(C)c2ccccc2-c2ccc(N(c3ccc(-c4ccccc4)cc3)c3ccc(-c4ccc(-c5ccc6c(c5)c5ccccc5n6-c5ccccc5)cc4)cc3)cc21. The standard InChI is InChI=1S/C57H42N2/c1-57(2)53-19-11-9-17-49(53)50-35-34-48(38-54(50)57)58(46-30-25-41(26-31-46)39-13-5-3-6-14-39)47-32-27-42(28-33-47)40-21-23-43(24-22-40)44-29-36-56-52(37-44)51-18-10-12-20-55(51)59(56)45-15-7-4-8-16-45/h3-38H,1-2H3. The molecule has 0 N–H and O–H groups in total. The summed E-state index contributed by atoms with van der Waals surface area (Å²) in [6.45, 7) is 4.70. The van der Waals surface area contributed by atoms with Gasteiger partial charge in [-0.1, -0.05) is 166 Å². The van der Waals surface area contributed by atoms with Gasteiger partial charge in [0.15, 0.2) is 0 Å². The molecule has 0 atom stereocenters. The van der Waals surface area contributed by atoms with E-state index in [0.717, 1.165) is 17.1 Å². The first kappa shape index (κ1) is 34.8. The van der Waals surface area contributed by atoms with Crippen LogP contribution in [0.25, 0.3) is 72.0 Å². The highest BCUT2D eigenvalue weighted by atomic mass is 15.1. The molecule has 0 saturated heterocycles. The van der Waals surface area contributed by atoms with Gasteiger partial charge in [-0.2, -0.15) is 0 Å². The van der Waals surface area contributed by atoms with Gasteiger partial charge >= 0.3 is 0 Å². The van der Waals surface area contributed by atoms with Gasteiger partial charge in [0.2, 0.25) is 0 Å². The fraction of sp³-hybridized carbons (Fsp3) is 0.0526. The third-order valence-electron chi connectivity index (χ3n) is 12.4. The van der Waals surface area contributed by atoms with E-state index in [9.17, 15) is 0 Å². The molecule has 0 unspecified atom stereocenters. The molecule has 1 heterocycles. The van der Waals surface area contributed by atoms with Gasteiger partial charge < -0.3 is 9.47 Å². The second-order valence-electron chi connectivity index (χ2n) is 16.2. The molecule has 59 heavy (non-hydrogen) atoms. The lowest BCUT2D eigenvalue weighted by molar-refractivity contribution is 0.660. The zero-order valence-corrected chi connectivity index (χ0v) is 33.2. The van der Waals surface area contributed by atoms with E-state index in [2.05, 4.69) is 242 Å². The molecule has 9 aromatic carbocycles. The minimum Gasteiger partial charge on any atom is -0.310 e. The summed E-state index contributed by atoms with van der Waals surface area (Å²) < 4.78 is 2.37. The Balaban J connectivity index is 0.932. The van der Waals surface area contributed by atoms with Crippen LogP contribution in [0.3, 0.4) is 0 Å². The van der Waals surface area contributed by atoms with E-state index in [0.29, 0.717) is 0 Å². The molecule has 2 nitrogen and oxygen atoms in total. The maximum Gasteiger partial charge on any atom is 0.0541 e. The Bertz CT molecular complexity index is 3140. The maximum absolute atomic E-state index is 2.41. The highest BCUT2D eigenvalue weighted by Crippen LogP contribution is 2.50. The van der Waals surface area contributed by atoms with Crippen molar-refractivity contribution in [1.82, 2.24) is 4.57 Å². The zero-order chi connectivity index (χ0) is 39.5. The minimum atomic E-state index is -0.0897. The van der Waals surface area contributed by atoms with Crippen LogP contribution in [-0.2, 0) is 5.41 Å². The minimum absolute atomic E-state index is 0.0897. The Kier molecular flexibility index (Phi) is 8.20. The monoisotopic (exact) mass is 754 g/mol. The topological polar surface area (TPSA) is 8.17 Å². The highest BCUT2D eigenvalue weighted by Gasteiger charge is 2.35. The second-order valence-corrected chi connectivity index (χ2v) is 16.2. The molecule has 0 spiro atoms. The lowest BCUT2D eigenvalue weighted by Crippen LogP contribution is -2.16. The first-order valence-electron chi connectivity index (χ1n) is 20.5. The molecule has 1 aliphatic carbocycles. The van der Waals surface area contributed by atoms with Crippen LogP contribution in [0.15, 0.2) is 218 Å². The van der Waals surface area contributed by atoms with Gasteiger partial charge in [0, 0.05) is 38.9 Å². The first-order chi connectivity index (χ1) is 29.0. The van der Waals surface area contributed by atoms with Crippen LogP contribution in [-0.4, -0.2) is 4.57 Å². The largest absolute Gasteiger partial charge is 0.310 e. The average Bonchev–Trinajstić information content (AvgIpc) is 3.75. The van der Waals surface area contributed by atoms with Crippen LogP contribution in [0.4, 0.5) is 17.1 Å². The third-order valence-corrected chi connectivity index (χ3v) is 12.4. The van der Waals surface area contributed by atoms with Gasteiger partial charge in [-0.15, -0.1) is 0 Å². The molecule has 0 bridgehead atoms. The number of hydrogen-bond donors (Lipinski definition) is 0. The van der Waals surface area contributed by atoms with E-state index in [-0.39, 0.29) is 5.41 Å². The summed E-state index contributed by atoms with van der Waals surface area (Å²) in [5.74, 6) is 0. The summed E-state index contributed by atoms with van der Waals surface area (Å²) >= 11 is 0. The summed E-state index contributed by atoms with van der Waals surface area (Å²) in [6.07, 6.45) is 0. The van der Waals surface area contributed by atoms with Gasteiger partial charge in [-0.05, 0) is 122 Å². The van der Waals surface area contributed by atoms with Gasteiger partial charge in [0.1, 0.15) is 0 Å². The zero-order valence-electron chi connectivity index (χ0n) is 33.2. The molecule has 11 rings (SSSR count). The van der Waals surface area contributed by atoms with Crippen LogP contribution >= 0.6 is 0 Å². The number of benzene rings is 9. The smallest absolute Gasteiger partial charge is 0.0541 e. The van der Waals surface area contributed by atoms with E-state index in [1.165, 1.54) is 83.1 Å². The van der Waals surface area contributed by atoms with Crippen LogP contribution < -0.4 is 4.90 Å². The molecule has 0 saturated carbocycles. The number of rotatable bonds is 7. The lowest BCUT2D eigenvalue weighted by atomic mass is 9.82. The molecular weight excluding hydrogens is 713 g/mol. The lowest BCUT2D eigenvalue weighted by Gasteiger charge is -2.28. The maximum atomic E-state index is 2.41. The van der Waals surface area contributed by atoms with E-state index in [1.807, 2.05) is 0 Å². The first-order valence-corrected chi connectivity index (χ1v) is 20.5. The summed E-state index contributed by atoms with van der Waals surface area (Å²) in [5.41, 5.74) is 19.5. The Morgan fingerprint density at radius 2 is 0.814 bits per heavy atom. The third kappa shape index (κ3) is 5.87. The molecule has 1 aliphatic rings. The number of fused-ring (bicyclic) bond motifs is 6. The fourth-order valence-electron chi connectivity index (χ4n) is 9.38. The van der Waals surface area contributed by atoms with E-state index >= 15 is 0 Å². The quantitative estimate of drug-likeness (QED) is 0.157. The fourth-order valence-corrected chi connectivity index (χ4v) is 9.38. The van der Waals surface area contributed by atoms with Gasteiger partial charge in [0.05, 0.1) is 11.0 Å². The molecule has 0 amide bonds. The normalized spacial score (nSPS) is 12.7. The summed E-state index contributed by atoms with van der Waals surface area (Å²) in [5, 5.41) is 2.53. The van der Waals surface area contributed by atoms with Gasteiger partial charge in [-0.3, -0.25) is 0 Å². The van der Waals surface area contributed by atoms with Crippen molar-refractivity contribution >= 4 is 38.9 Å². The molecule has 2 heteroatoms. The van der Waals surface area contributed by atoms with Crippen LogP contribution in [0.2, 0.25) is 0 Å². The van der Waals surface area contributed by atoms with Crippen molar-refractivity contribution in [2.24, 2.45) is 0 Å². The van der Waals surface area contributed by atoms with E-state index < -0.39 is 0 Å². The van der Waals surface area contributed by atoms with Gasteiger partial charge in [0.25, 0.3) is 0 Å². The predicted octanol–water partition coefficient (Wildman–Crippen LogP) is 15.6. The van der Waals surface area contributed by atoms with Crippen molar-refractivity contribution in [1.29, 1.82) is 0 Å². The van der Waals surface area contributed by atoms with Crippen LogP contribution in [0, 0.1) is 0 Å². The highest BCUT2D eigenvalue weighted by molar-refractivity contribution is 6.10. The Morgan fingerprint density at radius 3 is 1.49 bits per heavy atom. The Hall–Kier alpha value is -7.42. The van der Waals surface area contributed by atoms with Crippen molar-refractivity contribution < 1.29 is 0 Å². The molecule has 1 aromatic heterocycles. The molecule has 280 valence electrons. The summed E-state index contributed by atoms with van der Waals surface area (Å²) in [4.78, 5) is 2.39. The van der Waals surface area contributed by atoms with Crippen molar-refractivity contribution in [2.75, 3.05) is 4.90 Å². The average molecular weight is 755 g/mol. The molecule has 0 radical (unpaired) electrons. The van der Waals surface area contributed by atoms with Crippen molar-refractivity contribution in [2.45, 2.75) is 19.3 Å². The Labute approximate surface area is 345 Å². The summed E-state index contributed by atoms with van der Waals surface area (Å²) in [7, 11) is 0. The van der Waals surface area contributed by atoms with Crippen LogP contribution in [0.1, 0.15) is 25.0 Å². The number of anilines is 3. The van der Waals surface area contributed by atoms with Crippen molar-refractivity contribution in [3.63, 3.8) is 0 Å². The van der Waals surface area contributed by atoms with Crippen molar-refractivity contribution in [3.05, 3.63) is 230 Å². The van der Waals surface area contributed by atoms with Gasteiger partial charge in [-0.25, -0.2) is 0 Å². The molecule has 0 aliphatic heterocycles. The number of para-hydroxylation sites is 2. The molecular formula is C57H42N2. The van der Waals surface area contributed by atoms with Crippen molar-refractivity contribution in [3.8, 4) is 50.2 Å². The molecule has 10 aromatic rings. The Morgan fingerprint density at radius 1 is 0.339 bits per heavy atom. The number of hydrogen-bond acceptors (Lipinski definition) is 1. The van der Waals surface area contributed by atoms with E-state index in [4.69, 9.17) is 0 Å². The number of nitrogens with zero attached hydrogens (tertiary/aromatic N) is 2.